The smallest absolute Gasteiger partial charge is 0.127 e. The van der Waals surface area contributed by atoms with Gasteiger partial charge >= 0.3 is 0 Å². The highest BCUT2D eigenvalue weighted by Crippen LogP contribution is 2.42. The predicted octanol–water partition coefficient (Wildman–Crippen LogP) is 3.11. The minimum absolute atomic E-state index is 0.107. The van der Waals surface area contributed by atoms with E-state index < -0.39 is 0 Å². The minimum Gasteiger partial charge on any atom is -0.496 e. The second-order valence-corrected chi connectivity index (χ2v) is 7.98. The Morgan fingerprint density at radius 2 is 2.07 bits per heavy atom. The molecule has 5 nitrogen and oxygen atoms in total. The molecule has 0 amide bonds. The second-order valence-electron chi connectivity index (χ2n) is 7.98. The van der Waals surface area contributed by atoms with Crippen LogP contribution in [-0.2, 0) is 17.9 Å². The molecule has 0 saturated carbocycles. The largest absolute Gasteiger partial charge is 0.496 e. The molecule has 1 N–H and O–H groups in total. The third-order valence-corrected chi connectivity index (χ3v) is 6.10. The fourth-order valence-corrected chi connectivity index (χ4v) is 4.48. The lowest BCUT2D eigenvalue weighted by atomic mass is 9.76. The van der Waals surface area contributed by atoms with E-state index in [-0.39, 0.29) is 12.0 Å². The maximum absolute atomic E-state index is 9.98. The number of rotatable bonds is 7. The fraction of sp³-hybridized carbons (Fsp3) is 0.478. The van der Waals surface area contributed by atoms with Gasteiger partial charge in [-0.1, -0.05) is 36.4 Å². The number of nitrogens with zero attached hydrogens (tertiary/aromatic N) is 1. The molecule has 2 fully saturated rings. The van der Waals surface area contributed by atoms with Crippen LogP contribution in [0.15, 0.2) is 48.5 Å². The van der Waals surface area contributed by atoms with Crippen molar-refractivity contribution in [3.8, 4) is 11.5 Å². The van der Waals surface area contributed by atoms with Gasteiger partial charge in [-0.05, 0) is 24.0 Å². The molecule has 2 heterocycles. The van der Waals surface area contributed by atoms with Crippen molar-refractivity contribution in [3.05, 3.63) is 59.7 Å². The molecule has 0 radical (unpaired) electrons. The molecule has 2 aromatic carbocycles. The van der Waals surface area contributed by atoms with Crippen LogP contribution >= 0.6 is 0 Å². The Bertz CT molecular complexity index is 781. The van der Waals surface area contributed by atoms with E-state index in [0.29, 0.717) is 19.1 Å². The summed E-state index contributed by atoms with van der Waals surface area (Å²) in [6.07, 6.45) is 1.03. The molecule has 0 bridgehead atoms. The molecule has 5 heteroatoms. The van der Waals surface area contributed by atoms with E-state index in [1.165, 1.54) is 0 Å². The molecular formula is C23H29NO4. The van der Waals surface area contributed by atoms with E-state index >= 15 is 0 Å². The van der Waals surface area contributed by atoms with Crippen LogP contribution in [-0.4, -0.2) is 50.0 Å². The zero-order valence-electron chi connectivity index (χ0n) is 16.5. The Labute approximate surface area is 166 Å². The first-order valence-electron chi connectivity index (χ1n) is 9.97. The monoisotopic (exact) mass is 383 g/mol. The highest BCUT2D eigenvalue weighted by Gasteiger charge is 2.48. The molecule has 2 saturated heterocycles. The van der Waals surface area contributed by atoms with Gasteiger partial charge in [0.1, 0.15) is 18.1 Å². The van der Waals surface area contributed by atoms with Crippen molar-refractivity contribution in [1.82, 2.24) is 4.90 Å². The van der Waals surface area contributed by atoms with Crippen molar-refractivity contribution in [3.63, 3.8) is 0 Å². The lowest BCUT2D eigenvalue weighted by Gasteiger charge is -2.36. The van der Waals surface area contributed by atoms with Gasteiger partial charge in [-0.15, -0.1) is 0 Å². The number of aliphatic hydroxyl groups is 1. The summed E-state index contributed by atoms with van der Waals surface area (Å²) < 4.78 is 17.2. The average molecular weight is 383 g/mol. The number of hydrogen-bond acceptors (Lipinski definition) is 5. The van der Waals surface area contributed by atoms with Gasteiger partial charge in [0.25, 0.3) is 0 Å². The normalized spacial score (nSPS) is 24.7. The van der Waals surface area contributed by atoms with Gasteiger partial charge in [0.15, 0.2) is 0 Å². The van der Waals surface area contributed by atoms with Crippen molar-refractivity contribution in [2.75, 3.05) is 40.0 Å². The van der Waals surface area contributed by atoms with Crippen LogP contribution in [0.3, 0.4) is 0 Å². The Balaban J connectivity index is 1.42. The summed E-state index contributed by atoms with van der Waals surface area (Å²) in [4.78, 5) is 2.41. The Hall–Kier alpha value is -2.08. The van der Waals surface area contributed by atoms with Gasteiger partial charge in [-0.25, -0.2) is 0 Å². The van der Waals surface area contributed by atoms with Crippen LogP contribution in [0.4, 0.5) is 0 Å². The molecule has 4 rings (SSSR count). The van der Waals surface area contributed by atoms with Crippen molar-refractivity contribution in [2.45, 2.75) is 19.6 Å². The molecule has 2 aliphatic heterocycles. The molecule has 2 aliphatic rings. The minimum atomic E-state index is -0.107. The summed E-state index contributed by atoms with van der Waals surface area (Å²) in [6, 6.07) is 16.2. The molecule has 0 unspecified atom stereocenters. The molecular weight excluding hydrogens is 354 g/mol. The fourth-order valence-electron chi connectivity index (χ4n) is 4.48. The molecule has 0 aliphatic carbocycles. The van der Waals surface area contributed by atoms with Crippen LogP contribution in [0.2, 0.25) is 0 Å². The highest BCUT2D eigenvalue weighted by atomic mass is 16.5. The Kier molecular flexibility index (Phi) is 5.85. The lowest BCUT2D eigenvalue weighted by molar-refractivity contribution is -0.0561. The number of fused-ring (bicyclic) bond motifs is 1. The van der Waals surface area contributed by atoms with Crippen LogP contribution in [0, 0.1) is 11.3 Å². The standard InChI is InChI=1S/C23H29NO4/c1-26-22-11-21(28-14-18-5-3-2-4-6-18)8-7-19(22)12-24-13-20-9-10-27-17-23(20,15-24)16-25/h2-8,11,20,25H,9-10,12-17H2,1H3/t20-,23+/m0/s1. The van der Waals surface area contributed by atoms with E-state index in [4.69, 9.17) is 14.2 Å². The quantitative estimate of drug-likeness (QED) is 0.796. The molecule has 2 atom stereocenters. The third-order valence-electron chi connectivity index (χ3n) is 6.10. The van der Waals surface area contributed by atoms with Crippen molar-refractivity contribution < 1.29 is 19.3 Å². The topological polar surface area (TPSA) is 51.2 Å². The zero-order chi connectivity index (χ0) is 19.4. The number of aliphatic hydroxyl groups excluding tert-OH is 1. The zero-order valence-corrected chi connectivity index (χ0v) is 16.5. The van der Waals surface area contributed by atoms with Gasteiger partial charge in [-0.2, -0.15) is 0 Å². The van der Waals surface area contributed by atoms with E-state index in [9.17, 15) is 5.11 Å². The maximum Gasteiger partial charge on any atom is 0.127 e. The number of hydrogen-bond donors (Lipinski definition) is 1. The van der Waals surface area contributed by atoms with Gasteiger partial charge in [0.05, 0.1) is 20.3 Å². The first-order chi connectivity index (χ1) is 13.7. The molecule has 0 aromatic heterocycles. The lowest BCUT2D eigenvalue weighted by Crippen LogP contribution is -2.42. The summed E-state index contributed by atoms with van der Waals surface area (Å²) in [6.45, 7) is 4.86. The summed E-state index contributed by atoms with van der Waals surface area (Å²) in [5, 5.41) is 9.98. The molecule has 2 aromatic rings. The Morgan fingerprint density at radius 1 is 1.21 bits per heavy atom. The summed E-state index contributed by atoms with van der Waals surface area (Å²) in [7, 11) is 1.70. The number of likely N-dealkylation sites (tertiary alicyclic amines) is 1. The van der Waals surface area contributed by atoms with Crippen molar-refractivity contribution in [2.24, 2.45) is 11.3 Å². The summed E-state index contributed by atoms with van der Waals surface area (Å²) in [5.74, 6) is 2.15. The van der Waals surface area contributed by atoms with E-state index in [1.54, 1.807) is 7.11 Å². The number of benzene rings is 2. The van der Waals surface area contributed by atoms with E-state index in [0.717, 1.165) is 55.3 Å². The van der Waals surface area contributed by atoms with Gasteiger partial charge in [0.2, 0.25) is 0 Å². The first-order valence-corrected chi connectivity index (χ1v) is 9.97. The SMILES string of the molecule is COc1cc(OCc2ccccc2)ccc1CN1C[C@@H]2CCOC[C@]2(CO)C1. The summed E-state index contributed by atoms with van der Waals surface area (Å²) in [5.41, 5.74) is 2.17. The highest BCUT2D eigenvalue weighted by molar-refractivity contribution is 5.41. The van der Waals surface area contributed by atoms with Crippen LogP contribution in [0.5, 0.6) is 11.5 Å². The van der Waals surface area contributed by atoms with Gasteiger partial charge in [0, 0.05) is 43.3 Å². The van der Waals surface area contributed by atoms with Crippen LogP contribution < -0.4 is 9.47 Å². The first kappa shape index (κ1) is 19.2. The summed E-state index contributed by atoms with van der Waals surface area (Å²) >= 11 is 0. The van der Waals surface area contributed by atoms with E-state index in [2.05, 4.69) is 23.1 Å². The predicted molar refractivity (Wildman–Crippen MR) is 107 cm³/mol. The number of methoxy groups -OCH3 is 1. The van der Waals surface area contributed by atoms with Gasteiger partial charge < -0.3 is 19.3 Å². The maximum atomic E-state index is 9.98. The van der Waals surface area contributed by atoms with Crippen molar-refractivity contribution >= 4 is 0 Å². The number of ether oxygens (including phenoxy) is 3. The third kappa shape index (κ3) is 4.02. The van der Waals surface area contributed by atoms with Crippen LogP contribution in [0.25, 0.3) is 0 Å². The average Bonchev–Trinajstić information content (AvgIpc) is 3.12. The molecule has 0 spiro atoms. The second kappa shape index (κ2) is 8.52. The van der Waals surface area contributed by atoms with Gasteiger partial charge in [-0.3, -0.25) is 4.90 Å². The van der Waals surface area contributed by atoms with E-state index in [1.807, 2.05) is 30.3 Å². The van der Waals surface area contributed by atoms with Crippen molar-refractivity contribution in [1.29, 1.82) is 0 Å². The molecule has 28 heavy (non-hydrogen) atoms. The Morgan fingerprint density at radius 3 is 2.82 bits per heavy atom. The van der Waals surface area contributed by atoms with Crippen LogP contribution in [0.1, 0.15) is 17.5 Å². The molecule has 150 valence electrons.